The van der Waals surface area contributed by atoms with Crippen LogP contribution < -0.4 is 10.9 Å². The van der Waals surface area contributed by atoms with Crippen LogP contribution in [0.25, 0.3) is 0 Å². The van der Waals surface area contributed by atoms with E-state index >= 15 is 0 Å². The Hall–Kier alpha value is -2.48. The van der Waals surface area contributed by atoms with Crippen LogP contribution in [0, 0.1) is 5.82 Å². The van der Waals surface area contributed by atoms with Crippen LogP contribution in [-0.4, -0.2) is 26.1 Å². The topological polar surface area (TPSA) is 88.4 Å². The van der Waals surface area contributed by atoms with Gasteiger partial charge in [0, 0.05) is 41.3 Å². The van der Waals surface area contributed by atoms with Gasteiger partial charge in [-0.25, -0.2) is 9.18 Å². The number of hydrogen-bond donors (Lipinski definition) is 2. The molecule has 0 bridgehead atoms. The van der Waals surface area contributed by atoms with Gasteiger partial charge >= 0.3 is 5.97 Å². The second kappa shape index (κ2) is 6.10. The van der Waals surface area contributed by atoms with Crippen molar-refractivity contribution in [3.63, 3.8) is 0 Å². The standard InChI is InChI=1S/C14H13FN2O4S/c1-17-7-9(14(19)20)12(6-13(17)18)16-11-4-3-8(22(2)21)5-10(11)15/h3-7,16H,1-2H3,(H,19,20). The molecule has 0 aliphatic carbocycles. The van der Waals surface area contributed by atoms with Gasteiger partial charge in [-0.05, 0) is 18.2 Å². The predicted octanol–water partition coefficient (Wildman–Crippen LogP) is 1.70. The van der Waals surface area contributed by atoms with E-state index in [1.54, 1.807) is 0 Å². The number of anilines is 2. The number of aryl methyl sites for hydroxylation is 1. The first-order valence-electron chi connectivity index (χ1n) is 6.13. The monoisotopic (exact) mass is 324 g/mol. The van der Waals surface area contributed by atoms with Crippen LogP contribution in [0.15, 0.2) is 40.2 Å². The average molecular weight is 324 g/mol. The molecule has 0 saturated carbocycles. The first kappa shape index (κ1) is 15.9. The summed E-state index contributed by atoms with van der Waals surface area (Å²) < 4.78 is 26.4. The van der Waals surface area contributed by atoms with Crippen molar-refractivity contribution in [1.29, 1.82) is 0 Å². The van der Waals surface area contributed by atoms with Gasteiger partial charge in [0.1, 0.15) is 5.82 Å². The van der Waals surface area contributed by atoms with Gasteiger partial charge in [0.2, 0.25) is 0 Å². The van der Waals surface area contributed by atoms with Crippen LogP contribution in [0.4, 0.5) is 15.8 Å². The molecule has 6 nitrogen and oxygen atoms in total. The van der Waals surface area contributed by atoms with Crippen molar-refractivity contribution >= 4 is 28.1 Å². The fourth-order valence-electron chi connectivity index (χ4n) is 1.82. The molecule has 2 aromatic rings. The molecule has 8 heteroatoms. The number of benzene rings is 1. The molecule has 1 aromatic heterocycles. The zero-order chi connectivity index (χ0) is 16.4. The highest BCUT2D eigenvalue weighted by Gasteiger charge is 2.14. The lowest BCUT2D eigenvalue weighted by atomic mass is 10.2. The Bertz CT molecular complexity index is 832. The number of pyridine rings is 1. The third kappa shape index (κ3) is 3.22. The van der Waals surface area contributed by atoms with Gasteiger partial charge in [-0.3, -0.25) is 9.00 Å². The van der Waals surface area contributed by atoms with Crippen LogP contribution in [0.3, 0.4) is 0 Å². The molecule has 1 unspecified atom stereocenters. The van der Waals surface area contributed by atoms with Gasteiger partial charge in [0.25, 0.3) is 5.56 Å². The van der Waals surface area contributed by atoms with Crippen LogP contribution in [0.1, 0.15) is 10.4 Å². The Labute approximate surface area is 127 Å². The number of carbonyl (C=O) groups is 1. The van der Waals surface area contributed by atoms with Crippen molar-refractivity contribution in [1.82, 2.24) is 4.57 Å². The summed E-state index contributed by atoms with van der Waals surface area (Å²) >= 11 is 0. The quantitative estimate of drug-likeness (QED) is 0.894. The largest absolute Gasteiger partial charge is 0.478 e. The van der Waals surface area contributed by atoms with Gasteiger partial charge < -0.3 is 15.0 Å². The molecule has 1 aromatic carbocycles. The molecule has 2 rings (SSSR count). The maximum absolute atomic E-state index is 14.0. The van der Waals surface area contributed by atoms with Crippen LogP contribution in [0.5, 0.6) is 0 Å². The highest BCUT2D eigenvalue weighted by Crippen LogP contribution is 2.23. The Morgan fingerprint density at radius 1 is 1.32 bits per heavy atom. The number of nitrogens with zero attached hydrogens (tertiary/aromatic N) is 1. The third-order valence-electron chi connectivity index (χ3n) is 3.00. The minimum absolute atomic E-state index is 0.00930. The van der Waals surface area contributed by atoms with Crippen molar-refractivity contribution in [2.45, 2.75) is 4.90 Å². The summed E-state index contributed by atoms with van der Waals surface area (Å²) in [6.07, 6.45) is 2.58. The van der Waals surface area contributed by atoms with Gasteiger partial charge in [0.05, 0.1) is 16.9 Å². The molecule has 116 valence electrons. The summed E-state index contributed by atoms with van der Waals surface area (Å²) in [6, 6.07) is 4.98. The maximum Gasteiger partial charge on any atom is 0.339 e. The number of hydrogen-bond acceptors (Lipinski definition) is 4. The molecule has 1 heterocycles. The van der Waals surface area contributed by atoms with E-state index in [2.05, 4.69) is 5.32 Å². The van der Waals surface area contributed by atoms with Gasteiger partial charge in [-0.1, -0.05) is 0 Å². The molecular weight excluding hydrogens is 311 g/mol. The van der Waals surface area contributed by atoms with Crippen LogP contribution in [-0.2, 0) is 17.8 Å². The Balaban J connectivity index is 2.47. The number of aromatic nitrogens is 1. The van der Waals surface area contributed by atoms with Crippen molar-refractivity contribution in [3.05, 3.63) is 52.2 Å². The van der Waals surface area contributed by atoms with Gasteiger partial charge in [-0.2, -0.15) is 0 Å². The highest BCUT2D eigenvalue weighted by molar-refractivity contribution is 7.84. The minimum Gasteiger partial charge on any atom is -0.478 e. The van der Waals surface area contributed by atoms with E-state index < -0.39 is 28.1 Å². The molecule has 0 aliphatic heterocycles. The number of rotatable bonds is 4. The zero-order valence-electron chi connectivity index (χ0n) is 11.8. The van der Waals surface area contributed by atoms with Gasteiger partial charge in [-0.15, -0.1) is 0 Å². The summed E-state index contributed by atoms with van der Waals surface area (Å²) in [5.74, 6) is -1.94. The molecule has 0 saturated heterocycles. The Kier molecular flexibility index (Phi) is 4.41. The smallest absolute Gasteiger partial charge is 0.339 e. The molecule has 0 aliphatic rings. The number of aromatic carboxylic acids is 1. The number of carboxylic acid groups (broad SMARTS) is 1. The molecule has 0 radical (unpaired) electrons. The van der Waals surface area contributed by atoms with E-state index in [1.165, 1.54) is 25.4 Å². The van der Waals surface area contributed by atoms with E-state index in [0.717, 1.165) is 22.9 Å². The van der Waals surface area contributed by atoms with Crippen molar-refractivity contribution in [3.8, 4) is 0 Å². The molecular formula is C14H13FN2O4S. The SMILES string of the molecule is Cn1cc(C(=O)O)c(Nc2ccc(S(C)=O)cc2F)cc1=O. The number of nitrogens with one attached hydrogen (secondary N) is 1. The lowest BCUT2D eigenvalue weighted by molar-refractivity contribution is 0.0697. The van der Waals surface area contributed by atoms with Crippen molar-refractivity contribution in [2.75, 3.05) is 11.6 Å². The first-order chi connectivity index (χ1) is 10.3. The fourth-order valence-corrected chi connectivity index (χ4v) is 2.35. The lowest BCUT2D eigenvalue weighted by Crippen LogP contribution is -2.19. The minimum atomic E-state index is -1.33. The van der Waals surface area contributed by atoms with E-state index in [-0.39, 0.29) is 16.9 Å². The fraction of sp³-hybridized carbons (Fsp3) is 0.143. The summed E-state index contributed by atoms with van der Waals surface area (Å²) in [5.41, 5.74) is -0.617. The van der Waals surface area contributed by atoms with Gasteiger partial charge in [0.15, 0.2) is 0 Å². The summed E-state index contributed by atoms with van der Waals surface area (Å²) in [5, 5.41) is 11.7. The second-order valence-electron chi connectivity index (χ2n) is 4.58. The zero-order valence-corrected chi connectivity index (χ0v) is 12.6. The Morgan fingerprint density at radius 3 is 2.55 bits per heavy atom. The van der Waals surface area contributed by atoms with E-state index in [1.807, 2.05) is 0 Å². The third-order valence-corrected chi connectivity index (χ3v) is 3.92. The average Bonchev–Trinajstić information content (AvgIpc) is 2.44. The number of carboxylic acids is 1. The molecule has 2 N–H and O–H groups in total. The molecule has 1 atom stereocenters. The predicted molar refractivity (Wildman–Crippen MR) is 80.7 cm³/mol. The van der Waals surface area contributed by atoms with E-state index in [4.69, 9.17) is 5.11 Å². The van der Waals surface area contributed by atoms with Crippen molar-refractivity contribution < 1.29 is 18.5 Å². The van der Waals surface area contributed by atoms with Crippen LogP contribution in [0.2, 0.25) is 0 Å². The number of halogens is 1. The highest BCUT2D eigenvalue weighted by atomic mass is 32.2. The first-order valence-corrected chi connectivity index (χ1v) is 7.69. The molecule has 22 heavy (non-hydrogen) atoms. The molecule has 0 fully saturated rings. The van der Waals surface area contributed by atoms with Crippen molar-refractivity contribution in [2.24, 2.45) is 7.05 Å². The summed E-state index contributed by atoms with van der Waals surface area (Å²) in [7, 11) is 0.0935. The van der Waals surface area contributed by atoms with E-state index in [9.17, 15) is 18.2 Å². The molecule has 0 spiro atoms. The summed E-state index contributed by atoms with van der Waals surface area (Å²) in [6.45, 7) is 0. The Morgan fingerprint density at radius 2 is 2.00 bits per heavy atom. The van der Waals surface area contributed by atoms with E-state index in [0.29, 0.717) is 4.90 Å². The lowest BCUT2D eigenvalue weighted by Gasteiger charge is -2.12. The van der Waals surface area contributed by atoms with Crippen LogP contribution >= 0.6 is 0 Å². The normalized spacial score (nSPS) is 12.0. The maximum atomic E-state index is 14.0. The molecule has 0 amide bonds. The second-order valence-corrected chi connectivity index (χ2v) is 5.96. The summed E-state index contributed by atoms with van der Waals surface area (Å²) in [4.78, 5) is 23.2.